The highest BCUT2D eigenvalue weighted by molar-refractivity contribution is 5.11. The SMILES string of the molecule is CC(C)n1cc(C(CN)N(C)CCCN(C)C)cn1. The standard InChI is InChI=1S/C14H29N5/c1-12(2)19-11-13(10-16-19)14(9-15)18(5)8-6-7-17(3)4/h10-12,14H,6-9,15H2,1-5H3. The highest BCUT2D eigenvalue weighted by atomic mass is 15.3. The highest BCUT2D eigenvalue weighted by Crippen LogP contribution is 2.19. The van der Waals surface area contributed by atoms with Crippen molar-refractivity contribution in [3.63, 3.8) is 0 Å². The van der Waals surface area contributed by atoms with Crippen molar-refractivity contribution >= 4 is 0 Å². The Morgan fingerprint density at radius 3 is 2.42 bits per heavy atom. The van der Waals surface area contributed by atoms with Crippen LogP contribution in [0.1, 0.15) is 37.9 Å². The second-order valence-corrected chi connectivity index (χ2v) is 5.74. The van der Waals surface area contributed by atoms with E-state index in [1.807, 2.05) is 10.9 Å². The van der Waals surface area contributed by atoms with Gasteiger partial charge in [0, 0.05) is 30.4 Å². The van der Waals surface area contributed by atoms with Crippen molar-refractivity contribution in [2.75, 3.05) is 40.8 Å². The first-order valence-electron chi connectivity index (χ1n) is 7.04. The lowest BCUT2D eigenvalue weighted by molar-refractivity contribution is 0.235. The predicted octanol–water partition coefficient (Wildman–Crippen LogP) is 1.35. The van der Waals surface area contributed by atoms with Crippen LogP contribution in [0.15, 0.2) is 12.4 Å². The lowest BCUT2D eigenvalue weighted by atomic mass is 10.1. The van der Waals surface area contributed by atoms with Gasteiger partial charge in [-0.2, -0.15) is 5.10 Å². The van der Waals surface area contributed by atoms with E-state index in [2.05, 4.69) is 56.1 Å². The zero-order chi connectivity index (χ0) is 14.4. The van der Waals surface area contributed by atoms with Gasteiger partial charge >= 0.3 is 0 Å². The molecule has 0 saturated heterocycles. The van der Waals surface area contributed by atoms with E-state index in [-0.39, 0.29) is 6.04 Å². The zero-order valence-electron chi connectivity index (χ0n) is 13.0. The molecule has 19 heavy (non-hydrogen) atoms. The van der Waals surface area contributed by atoms with Crippen molar-refractivity contribution in [3.05, 3.63) is 18.0 Å². The fraction of sp³-hybridized carbons (Fsp3) is 0.786. The van der Waals surface area contributed by atoms with E-state index < -0.39 is 0 Å². The lowest BCUT2D eigenvalue weighted by Crippen LogP contribution is -2.32. The summed E-state index contributed by atoms with van der Waals surface area (Å²) in [6.07, 6.45) is 5.21. The molecule has 0 spiro atoms. The van der Waals surface area contributed by atoms with Gasteiger partial charge in [0.2, 0.25) is 0 Å². The molecule has 0 radical (unpaired) electrons. The first-order chi connectivity index (χ1) is 8.95. The van der Waals surface area contributed by atoms with Gasteiger partial charge in [-0.25, -0.2) is 0 Å². The van der Waals surface area contributed by atoms with Crippen molar-refractivity contribution < 1.29 is 0 Å². The number of rotatable bonds is 8. The molecule has 5 nitrogen and oxygen atoms in total. The molecule has 110 valence electrons. The number of nitrogens with zero attached hydrogens (tertiary/aromatic N) is 4. The summed E-state index contributed by atoms with van der Waals surface area (Å²) in [4.78, 5) is 4.53. The van der Waals surface area contributed by atoms with Gasteiger partial charge in [0.05, 0.1) is 6.20 Å². The van der Waals surface area contributed by atoms with Gasteiger partial charge in [0.1, 0.15) is 0 Å². The molecule has 1 unspecified atom stereocenters. The molecule has 0 amide bonds. The Bertz CT molecular complexity index is 358. The van der Waals surface area contributed by atoms with Crippen LogP contribution in [0.25, 0.3) is 0 Å². The first-order valence-corrected chi connectivity index (χ1v) is 7.04. The van der Waals surface area contributed by atoms with Gasteiger partial charge in [0.25, 0.3) is 0 Å². The Morgan fingerprint density at radius 1 is 1.26 bits per heavy atom. The highest BCUT2D eigenvalue weighted by Gasteiger charge is 2.17. The van der Waals surface area contributed by atoms with E-state index in [1.165, 1.54) is 5.56 Å². The molecular weight excluding hydrogens is 238 g/mol. The molecule has 0 bridgehead atoms. The molecule has 0 aliphatic rings. The van der Waals surface area contributed by atoms with Crippen LogP contribution in [0.2, 0.25) is 0 Å². The molecule has 5 heteroatoms. The molecule has 1 aromatic heterocycles. The van der Waals surface area contributed by atoms with Crippen LogP contribution >= 0.6 is 0 Å². The van der Waals surface area contributed by atoms with Crippen molar-refractivity contribution in [1.29, 1.82) is 0 Å². The normalized spacial score (nSPS) is 13.7. The summed E-state index contributed by atoms with van der Waals surface area (Å²) in [6.45, 7) is 7.05. The van der Waals surface area contributed by atoms with Crippen LogP contribution in [0, 0.1) is 0 Å². The smallest absolute Gasteiger partial charge is 0.0538 e. The molecule has 0 fully saturated rings. The maximum atomic E-state index is 5.93. The van der Waals surface area contributed by atoms with Crippen LogP contribution < -0.4 is 5.73 Å². The molecule has 0 aliphatic heterocycles. The Hall–Kier alpha value is -0.910. The number of hydrogen-bond acceptors (Lipinski definition) is 4. The van der Waals surface area contributed by atoms with Crippen molar-refractivity contribution in [2.24, 2.45) is 5.73 Å². The van der Waals surface area contributed by atoms with Crippen LogP contribution in [-0.4, -0.2) is 60.4 Å². The second kappa shape index (κ2) is 7.62. The molecule has 2 N–H and O–H groups in total. The minimum Gasteiger partial charge on any atom is -0.329 e. The van der Waals surface area contributed by atoms with Crippen molar-refractivity contribution in [2.45, 2.75) is 32.4 Å². The third-order valence-corrected chi connectivity index (χ3v) is 3.41. The molecule has 1 aromatic rings. The summed E-state index contributed by atoms with van der Waals surface area (Å²) in [5, 5.41) is 4.40. The fourth-order valence-corrected chi connectivity index (χ4v) is 2.17. The topological polar surface area (TPSA) is 50.3 Å². The van der Waals surface area contributed by atoms with Gasteiger partial charge in [-0.3, -0.25) is 9.58 Å². The molecule has 1 rings (SSSR count). The quantitative estimate of drug-likeness (QED) is 0.772. The van der Waals surface area contributed by atoms with Gasteiger partial charge < -0.3 is 10.6 Å². The minimum atomic E-state index is 0.259. The predicted molar refractivity (Wildman–Crippen MR) is 80.2 cm³/mol. The number of nitrogens with two attached hydrogens (primary N) is 1. The molecule has 1 atom stereocenters. The molecular formula is C14H29N5. The Labute approximate surface area is 117 Å². The zero-order valence-corrected chi connectivity index (χ0v) is 13.0. The lowest BCUT2D eigenvalue weighted by Gasteiger charge is -2.26. The third kappa shape index (κ3) is 4.93. The monoisotopic (exact) mass is 267 g/mol. The van der Waals surface area contributed by atoms with E-state index in [1.54, 1.807) is 0 Å². The first kappa shape index (κ1) is 16.1. The number of likely N-dealkylation sites (N-methyl/N-ethyl adjacent to an activating group) is 1. The summed E-state index contributed by atoms with van der Waals surface area (Å²) in [7, 11) is 6.35. The average Bonchev–Trinajstić information content (AvgIpc) is 2.79. The second-order valence-electron chi connectivity index (χ2n) is 5.74. The number of hydrogen-bond donors (Lipinski definition) is 1. The molecule has 0 saturated carbocycles. The van der Waals surface area contributed by atoms with Crippen LogP contribution in [0.5, 0.6) is 0 Å². The average molecular weight is 267 g/mol. The molecule has 0 aliphatic carbocycles. The van der Waals surface area contributed by atoms with Crippen molar-refractivity contribution in [1.82, 2.24) is 19.6 Å². The summed E-state index contributed by atoms with van der Waals surface area (Å²) < 4.78 is 1.99. The van der Waals surface area contributed by atoms with Gasteiger partial charge in [0.15, 0.2) is 0 Å². The number of aromatic nitrogens is 2. The van der Waals surface area contributed by atoms with E-state index in [4.69, 9.17) is 5.73 Å². The fourth-order valence-electron chi connectivity index (χ4n) is 2.17. The van der Waals surface area contributed by atoms with Crippen LogP contribution in [0.3, 0.4) is 0 Å². The van der Waals surface area contributed by atoms with Crippen LogP contribution in [-0.2, 0) is 0 Å². The van der Waals surface area contributed by atoms with E-state index in [9.17, 15) is 0 Å². The third-order valence-electron chi connectivity index (χ3n) is 3.41. The van der Waals surface area contributed by atoms with Gasteiger partial charge in [-0.1, -0.05) is 0 Å². The Balaban J connectivity index is 2.59. The largest absolute Gasteiger partial charge is 0.329 e. The summed E-state index contributed by atoms with van der Waals surface area (Å²) in [5.74, 6) is 0. The summed E-state index contributed by atoms with van der Waals surface area (Å²) in [6, 6.07) is 0.654. The summed E-state index contributed by atoms with van der Waals surface area (Å²) in [5.41, 5.74) is 7.15. The van der Waals surface area contributed by atoms with Crippen LogP contribution in [0.4, 0.5) is 0 Å². The van der Waals surface area contributed by atoms with Gasteiger partial charge in [-0.05, 0) is 54.5 Å². The minimum absolute atomic E-state index is 0.259. The maximum Gasteiger partial charge on any atom is 0.0538 e. The van der Waals surface area contributed by atoms with E-state index >= 15 is 0 Å². The Morgan fingerprint density at radius 2 is 1.95 bits per heavy atom. The molecule has 1 heterocycles. The van der Waals surface area contributed by atoms with Crippen molar-refractivity contribution in [3.8, 4) is 0 Å². The summed E-state index contributed by atoms with van der Waals surface area (Å²) >= 11 is 0. The van der Waals surface area contributed by atoms with E-state index in [0.717, 1.165) is 19.5 Å². The maximum absolute atomic E-state index is 5.93. The molecule has 0 aromatic carbocycles. The van der Waals surface area contributed by atoms with E-state index in [0.29, 0.717) is 12.6 Å². The van der Waals surface area contributed by atoms with Gasteiger partial charge in [-0.15, -0.1) is 0 Å². The Kier molecular flexibility index (Phi) is 6.48.